The Morgan fingerprint density at radius 2 is 1.67 bits per heavy atom. The SMILES string of the molecule is C[C@H]1[C@H]2OP(=O)(S)OC[C@H]3O[C@@H](n4cnc5c(N)ncnc54)[C@H](F)[C@@H]3OP(=O)(O)OC[C@H]1O[C@H]2n1cnc2c(=O)[nH]c(N)nc21. The highest BCUT2D eigenvalue weighted by Crippen LogP contribution is 2.59. The van der Waals surface area contributed by atoms with E-state index in [2.05, 4.69) is 42.2 Å². The van der Waals surface area contributed by atoms with E-state index in [1.807, 2.05) is 0 Å². The smallest absolute Gasteiger partial charge is 0.382 e. The Bertz CT molecular complexity index is 1940. The number of hydrogen-bond acceptors (Lipinski definition) is 16. The van der Waals surface area contributed by atoms with Crippen molar-refractivity contribution >= 4 is 61.0 Å². The van der Waals surface area contributed by atoms with Crippen LogP contribution < -0.4 is 17.0 Å². The topological polar surface area (TPSA) is 269 Å². The van der Waals surface area contributed by atoms with Crippen molar-refractivity contribution in [1.82, 2.24) is 39.0 Å². The highest BCUT2D eigenvalue weighted by molar-refractivity contribution is 8.44. The first-order valence-electron chi connectivity index (χ1n) is 13.2. The molecule has 7 heterocycles. The number of H-pyrrole nitrogens is 1. The van der Waals surface area contributed by atoms with Gasteiger partial charge in [-0.2, -0.15) is 4.98 Å². The van der Waals surface area contributed by atoms with Gasteiger partial charge in [0.2, 0.25) is 5.95 Å². The summed E-state index contributed by atoms with van der Waals surface area (Å²) in [6.07, 6.45) is -6.43. The van der Waals surface area contributed by atoms with Gasteiger partial charge in [-0.25, -0.2) is 33.5 Å². The molecule has 242 valence electrons. The fourth-order valence-corrected chi connectivity index (χ4v) is 7.96. The van der Waals surface area contributed by atoms with Crippen LogP contribution in [0, 0.1) is 5.92 Å². The zero-order valence-corrected chi connectivity index (χ0v) is 25.6. The maximum Gasteiger partial charge on any atom is 0.472 e. The zero-order valence-electron chi connectivity index (χ0n) is 22.9. The van der Waals surface area contributed by atoms with E-state index >= 15 is 4.39 Å². The first-order valence-corrected chi connectivity index (χ1v) is 17.4. The summed E-state index contributed by atoms with van der Waals surface area (Å²) in [5, 5.41) is 0. The highest BCUT2D eigenvalue weighted by atomic mass is 32.7. The van der Waals surface area contributed by atoms with Crippen molar-refractivity contribution in [3.8, 4) is 0 Å². The Hall–Kier alpha value is -3.04. The molecule has 3 aliphatic rings. The summed E-state index contributed by atoms with van der Waals surface area (Å²) in [6, 6.07) is 0. The van der Waals surface area contributed by atoms with Gasteiger partial charge < -0.3 is 25.8 Å². The summed E-state index contributed by atoms with van der Waals surface area (Å²) in [5.41, 5.74) is 11.2. The molecule has 3 saturated heterocycles. The molecule has 2 unspecified atom stereocenters. The number of rotatable bonds is 2. The predicted octanol–water partition coefficient (Wildman–Crippen LogP) is 0.848. The number of nitrogens with two attached hydrogens (primary N) is 2. The van der Waals surface area contributed by atoms with Crippen molar-refractivity contribution in [2.45, 2.75) is 50.0 Å². The van der Waals surface area contributed by atoms with Gasteiger partial charge in [-0.1, -0.05) is 19.2 Å². The number of phosphoric ester groups is 1. The summed E-state index contributed by atoms with van der Waals surface area (Å²) in [7, 11) is -4.99. The fourth-order valence-electron chi connectivity index (χ4n) is 5.48. The first kappa shape index (κ1) is 30.6. The Balaban J connectivity index is 1.21. The largest absolute Gasteiger partial charge is 0.472 e. The van der Waals surface area contributed by atoms with E-state index in [0.29, 0.717) is 0 Å². The Kier molecular flexibility index (Phi) is 7.51. The normalized spacial score (nSPS) is 37.7. The summed E-state index contributed by atoms with van der Waals surface area (Å²) >= 11 is 4.12. The van der Waals surface area contributed by atoms with Crippen molar-refractivity contribution in [1.29, 1.82) is 0 Å². The number of nitrogens with zero attached hydrogens (tertiary/aromatic N) is 7. The average Bonchev–Trinajstić information content (AvgIpc) is 3.72. The van der Waals surface area contributed by atoms with E-state index in [1.54, 1.807) is 6.92 Å². The monoisotopic (exact) mass is 690 g/mol. The molecular weight excluding hydrogens is 665 g/mol. The molecule has 6 N–H and O–H groups in total. The predicted molar refractivity (Wildman–Crippen MR) is 152 cm³/mol. The minimum atomic E-state index is -4.99. The van der Waals surface area contributed by atoms with Gasteiger partial charge in [0.15, 0.2) is 41.3 Å². The van der Waals surface area contributed by atoms with Crippen LogP contribution in [0.5, 0.6) is 0 Å². The average molecular weight is 691 g/mol. The lowest BCUT2D eigenvalue weighted by atomic mass is 10.0. The molecule has 20 nitrogen and oxygen atoms in total. The molecule has 0 spiro atoms. The van der Waals surface area contributed by atoms with Crippen LogP contribution in [0.4, 0.5) is 16.2 Å². The number of thiol groups is 1. The molecule has 4 aromatic heterocycles. The highest BCUT2D eigenvalue weighted by Gasteiger charge is 2.53. The van der Waals surface area contributed by atoms with Crippen LogP contribution in [0.3, 0.4) is 0 Å². The van der Waals surface area contributed by atoms with Crippen molar-refractivity contribution in [2.24, 2.45) is 5.92 Å². The number of aromatic amines is 1. The second kappa shape index (κ2) is 11.0. The lowest BCUT2D eigenvalue weighted by Crippen LogP contribution is -2.34. The van der Waals surface area contributed by atoms with Crippen molar-refractivity contribution in [2.75, 3.05) is 24.7 Å². The fraction of sp³-hybridized carbons (Fsp3) is 0.524. The third-order valence-corrected chi connectivity index (χ3v) is 10.3. The van der Waals surface area contributed by atoms with Crippen LogP contribution in [-0.2, 0) is 36.7 Å². The molecule has 7 rings (SSSR count). The molecule has 45 heavy (non-hydrogen) atoms. The molecule has 10 atom stereocenters. The maximum atomic E-state index is 16.0. The standard InChI is InChI=1S/C21H25FN10O10P2S/c1-7-8-2-37-43(34,35)41-14-9(40-19(10(14)22)31-5-27-11-15(23)25-4-26-16(11)31)3-38-44(36,45)42-13(7)20(39-8)32-6-28-12-17(32)29-21(24)30-18(12)33/h4-10,13-14,19-20H,2-3H2,1H3,(H,34,35)(H,36,45)(H2,23,25,26)(H3,24,29,30,33)/t7-,8-,9-,10-,13-,14-,19-,20-,44?/m1/s1. The second-order valence-corrected chi connectivity index (χ2v) is 14.7. The molecule has 3 fully saturated rings. The molecule has 4 aromatic rings. The minimum Gasteiger partial charge on any atom is -0.382 e. The summed E-state index contributed by atoms with van der Waals surface area (Å²) < 4.78 is 79.0. The quantitative estimate of drug-likeness (QED) is 0.144. The van der Waals surface area contributed by atoms with Crippen molar-refractivity contribution in [3.05, 3.63) is 29.3 Å². The van der Waals surface area contributed by atoms with Gasteiger partial charge in [0.25, 0.3) is 5.56 Å². The zero-order chi connectivity index (χ0) is 31.8. The van der Waals surface area contributed by atoms with Gasteiger partial charge in [-0.15, -0.1) is 0 Å². The molecule has 0 amide bonds. The van der Waals surface area contributed by atoms with E-state index in [9.17, 15) is 18.8 Å². The van der Waals surface area contributed by atoms with E-state index in [1.165, 1.54) is 21.8 Å². The van der Waals surface area contributed by atoms with Gasteiger partial charge in [0.1, 0.15) is 30.2 Å². The Morgan fingerprint density at radius 3 is 2.44 bits per heavy atom. The molecule has 24 heteroatoms. The Morgan fingerprint density at radius 1 is 0.978 bits per heavy atom. The molecule has 0 radical (unpaired) electrons. The number of imidazole rings is 2. The number of ether oxygens (including phenoxy) is 2. The maximum absolute atomic E-state index is 16.0. The van der Waals surface area contributed by atoms with Crippen LogP contribution in [0.1, 0.15) is 19.4 Å². The number of phosphoric acid groups is 1. The number of halogens is 1. The minimum absolute atomic E-state index is 0.0251. The lowest BCUT2D eigenvalue weighted by molar-refractivity contribution is -0.0609. The van der Waals surface area contributed by atoms with Gasteiger partial charge in [-0.3, -0.25) is 37.0 Å². The summed E-state index contributed by atoms with van der Waals surface area (Å²) in [4.78, 5) is 45.5. The number of hydrogen-bond donors (Lipinski definition) is 5. The van der Waals surface area contributed by atoms with Crippen molar-refractivity contribution < 1.29 is 46.0 Å². The first-order chi connectivity index (χ1) is 21.3. The second-order valence-electron chi connectivity index (χ2n) is 10.5. The summed E-state index contributed by atoms with van der Waals surface area (Å²) in [5.74, 6) is -0.846. The number of aromatic nitrogens is 8. The van der Waals surface area contributed by atoms with Gasteiger partial charge in [-0.05, 0) is 0 Å². The van der Waals surface area contributed by atoms with Crippen LogP contribution in [0.2, 0.25) is 0 Å². The van der Waals surface area contributed by atoms with Crippen LogP contribution in [-0.4, -0.2) is 87.7 Å². The van der Waals surface area contributed by atoms with E-state index in [4.69, 9.17) is 39.0 Å². The number of alkyl halides is 1. The van der Waals surface area contributed by atoms with Crippen LogP contribution in [0.15, 0.2) is 23.8 Å². The van der Waals surface area contributed by atoms with Crippen LogP contribution in [0.25, 0.3) is 22.3 Å². The molecule has 3 aliphatic heterocycles. The van der Waals surface area contributed by atoms with E-state index < -0.39 is 82.4 Å². The van der Waals surface area contributed by atoms with Gasteiger partial charge >= 0.3 is 14.6 Å². The molecular formula is C21H25FN10O10P2S. The third-order valence-electron chi connectivity index (χ3n) is 7.67. The molecule has 0 aromatic carbocycles. The van der Waals surface area contributed by atoms with Crippen LogP contribution >= 0.6 is 26.9 Å². The Labute approximate surface area is 255 Å². The number of fused-ring (bicyclic) bond motifs is 5. The van der Waals surface area contributed by atoms with E-state index in [-0.39, 0.29) is 34.1 Å². The molecule has 0 aliphatic carbocycles. The molecule has 0 saturated carbocycles. The van der Waals surface area contributed by atoms with Gasteiger partial charge in [0.05, 0.1) is 32.0 Å². The number of anilines is 2. The lowest BCUT2D eigenvalue weighted by Gasteiger charge is -2.26. The summed E-state index contributed by atoms with van der Waals surface area (Å²) in [6.45, 7) is -3.88. The third kappa shape index (κ3) is 5.43. The number of nitrogen functional groups attached to an aromatic ring is 2. The van der Waals surface area contributed by atoms with Crippen molar-refractivity contribution in [3.63, 3.8) is 0 Å². The van der Waals surface area contributed by atoms with Gasteiger partial charge in [0, 0.05) is 5.92 Å². The molecule has 2 bridgehead atoms. The van der Waals surface area contributed by atoms with E-state index in [0.717, 1.165) is 6.33 Å². The number of nitrogens with one attached hydrogen (secondary N) is 1.